The highest BCUT2D eigenvalue weighted by molar-refractivity contribution is 5.92. The molecule has 0 radical (unpaired) electrons. The summed E-state index contributed by atoms with van der Waals surface area (Å²) in [4.78, 5) is 37.4. The first kappa shape index (κ1) is 20.5. The fourth-order valence-corrected chi connectivity index (χ4v) is 2.29. The number of anilines is 1. The lowest BCUT2D eigenvalue weighted by molar-refractivity contribution is -0.130. The summed E-state index contributed by atoms with van der Waals surface area (Å²) in [6.07, 6.45) is 0. The number of likely N-dealkylation sites (N-methyl/N-ethyl adjacent to an activating group) is 1. The van der Waals surface area contributed by atoms with Crippen molar-refractivity contribution in [1.82, 2.24) is 10.6 Å². The van der Waals surface area contributed by atoms with E-state index in [1.54, 1.807) is 26.0 Å². The second-order valence-corrected chi connectivity index (χ2v) is 5.48. The molecular weight excluding hydrogens is 322 g/mol. The zero-order chi connectivity index (χ0) is 18.8. The second-order valence-electron chi connectivity index (χ2n) is 5.48. The van der Waals surface area contributed by atoms with Crippen LogP contribution < -0.4 is 15.5 Å². The van der Waals surface area contributed by atoms with Crippen LogP contribution in [0, 0.1) is 0 Å². The van der Waals surface area contributed by atoms with E-state index in [1.165, 1.54) is 0 Å². The highest BCUT2D eigenvalue weighted by atomic mass is 16.5. The minimum atomic E-state index is -0.681. The molecule has 0 saturated carbocycles. The van der Waals surface area contributed by atoms with Gasteiger partial charge in [0.25, 0.3) is 5.91 Å². The molecule has 1 atom stereocenters. The third-order valence-corrected chi connectivity index (χ3v) is 3.69. The highest BCUT2D eigenvalue weighted by Gasteiger charge is 2.16. The van der Waals surface area contributed by atoms with Gasteiger partial charge in [-0.05, 0) is 52.0 Å². The molecule has 0 aromatic heterocycles. The average Bonchev–Trinajstić information content (AvgIpc) is 2.61. The van der Waals surface area contributed by atoms with E-state index < -0.39 is 24.5 Å². The number of esters is 1. The first-order valence-electron chi connectivity index (χ1n) is 8.52. The maximum Gasteiger partial charge on any atom is 0.338 e. The normalized spacial score (nSPS) is 11.4. The van der Waals surface area contributed by atoms with Crippen molar-refractivity contribution >= 4 is 23.5 Å². The summed E-state index contributed by atoms with van der Waals surface area (Å²) in [6, 6.07) is 6.36. The molecule has 25 heavy (non-hydrogen) atoms. The second kappa shape index (κ2) is 10.3. The van der Waals surface area contributed by atoms with E-state index >= 15 is 0 Å². The zero-order valence-electron chi connectivity index (χ0n) is 15.3. The van der Waals surface area contributed by atoms with E-state index in [4.69, 9.17) is 4.74 Å². The van der Waals surface area contributed by atoms with E-state index in [0.29, 0.717) is 12.1 Å². The summed E-state index contributed by atoms with van der Waals surface area (Å²) >= 11 is 0. The predicted octanol–water partition coefficient (Wildman–Crippen LogP) is 1.33. The van der Waals surface area contributed by atoms with Gasteiger partial charge in [-0.2, -0.15) is 0 Å². The van der Waals surface area contributed by atoms with Gasteiger partial charge in [0.2, 0.25) is 5.91 Å². The first-order valence-corrected chi connectivity index (χ1v) is 8.52. The molecule has 0 aliphatic rings. The predicted molar refractivity (Wildman–Crippen MR) is 96.6 cm³/mol. The van der Waals surface area contributed by atoms with Gasteiger partial charge < -0.3 is 20.3 Å². The number of carbonyl (C=O) groups is 3. The molecule has 7 heteroatoms. The molecule has 7 nitrogen and oxygen atoms in total. The van der Waals surface area contributed by atoms with Crippen LogP contribution in [0.2, 0.25) is 0 Å². The van der Waals surface area contributed by atoms with Crippen LogP contribution in [0.25, 0.3) is 0 Å². The maximum atomic E-state index is 12.0. The molecule has 2 amide bonds. The van der Waals surface area contributed by atoms with Gasteiger partial charge in [-0.3, -0.25) is 9.59 Å². The Morgan fingerprint density at radius 1 is 1.08 bits per heavy atom. The van der Waals surface area contributed by atoms with Crippen LogP contribution in [0.15, 0.2) is 24.3 Å². The summed E-state index contributed by atoms with van der Waals surface area (Å²) < 4.78 is 4.99. The smallest absolute Gasteiger partial charge is 0.338 e. The van der Waals surface area contributed by atoms with Crippen LogP contribution in [0.1, 0.15) is 38.1 Å². The monoisotopic (exact) mass is 349 g/mol. The third kappa shape index (κ3) is 6.45. The number of amides is 2. The number of nitrogens with zero attached hydrogens (tertiary/aromatic N) is 1. The molecule has 0 unspecified atom stereocenters. The van der Waals surface area contributed by atoms with Gasteiger partial charge in [0.1, 0.15) is 6.04 Å². The zero-order valence-corrected chi connectivity index (χ0v) is 15.3. The molecule has 0 saturated heterocycles. The Morgan fingerprint density at radius 3 is 2.20 bits per heavy atom. The molecule has 0 heterocycles. The molecule has 0 aliphatic heterocycles. The number of rotatable bonds is 9. The minimum Gasteiger partial charge on any atom is -0.452 e. The molecule has 0 fully saturated rings. The standard InChI is InChI=1S/C18H27N3O4/c1-5-19-17(23)13(4)20-16(22)12-25-18(24)14-8-10-15(11-9-14)21(6-2)7-3/h8-11,13H,5-7,12H2,1-4H3,(H,19,23)(H,20,22)/t13-/m0/s1. The molecular formula is C18H27N3O4. The van der Waals surface area contributed by atoms with E-state index in [2.05, 4.69) is 29.4 Å². The Kier molecular flexibility index (Phi) is 8.46. The molecule has 0 spiro atoms. The SMILES string of the molecule is CCNC(=O)[C@H](C)NC(=O)COC(=O)c1ccc(N(CC)CC)cc1. The Balaban J connectivity index is 2.51. The van der Waals surface area contributed by atoms with Gasteiger partial charge in [-0.1, -0.05) is 0 Å². The molecule has 0 aliphatic carbocycles. The van der Waals surface area contributed by atoms with Crippen molar-refractivity contribution in [3.8, 4) is 0 Å². The summed E-state index contributed by atoms with van der Waals surface area (Å²) in [5.41, 5.74) is 1.40. The summed E-state index contributed by atoms with van der Waals surface area (Å²) in [5, 5.41) is 5.08. The van der Waals surface area contributed by atoms with E-state index in [9.17, 15) is 14.4 Å². The van der Waals surface area contributed by atoms with Gasteiger partial charge in [-0.25, -0.2) is 4.79 Å². The van der Waals surface area contributed by atoms with E-state index in [-0.39, 0.29) is 5.91 Å². The lowest BCUT2D eigenvalue weighted by Crippen LogP contribution is -2.46. The summed E-state index contributed by atoms with van der Waals surface area (Å²) in [6.45, 7) is 9.29. The van der Waals surface area contributed by atoms with Crippen LogP contribution in [-0.4, -0.2) is 50.1 Å². The average molecular weight is 349 g/mol. The lowest BCUT2D eigenvalue weighted by Gasteiger charge is -2.20. The van der Waals surface area contributed by atoms with Gasteiger partial charge in [-0.15, -0.1) is 0 Å². The van der Waals surface area contributed by atoms with Crippen LogP contribution in [0.5, 0.6) is 0 Å². The van der Waals surface area contributed by atoms with Gasteiger partial charge >= 0.3 is 5.97 Å². The first-order chi connectivity index (χ1) is 11.9. The van der Waals surface area contributed by atoms with Gasteiger partial charge in [0.15, 0.2) is 6.61 Å². The number of benzene rings is 1. The fraction of sp³-hybridized carbons (Fsp3) is 0.500. The van der Waals surface area contributed by atoms with Crippen molar-refractivity contribution < 1.29 is 19.1 Å². The molecule has 1 aromatic carbocycles. The Labute approximate surface area is 148 Å². The van der Waals surface area contributed by atoms with Crippen LogP contribution in [0.4, 0.5) is 5.69 Å². The molecule has 0 bridgehead atoms. The van der Waals surface area contributed by atoms with Crippen LogP contribution >= 0.6 is 0 Å². The molecule has 138 valence electrons. The van der Waals surface area contributed by atoms with Gasteiger partial charge in [0, 0.05) is 25.3 Å². The third-order valence-electron chi connectivity index (χ3n) is 3.69. The Bertz CT molecular complexity index is 582. The molecule has 1 aromatic rings. The maximum absolute atomic E-state index is 12.0. The number of carbonyl (C=O) groups excluding carboxylic acids is 3. The Morgan fingerprint density at radius 2 is 1.68 bits per heavy atom. The van der Waals surface area contributed by atoms with Crippen molar-refractivity contribution in [2.75, 3.05) is 31.1 Å². The Hall–Kier alpha value is -2.57. The lowest BCUT2D eigenvalue weighted by atomic mass is 10.2. The summed E-state index contributed by atoms with van der Waals surface area (Å²) in [5.74, 6) is -1.38. The van der Waals surface area contributed by atoms with E-state index in [1.807, 2.05) is 12.1 Å². The number of nitrogens with one attached hydrogen (secondary N) is 2. The number of ether oxygens (including phenoxy) is 1. The van der Waals surface area contributed by atoms with Gasteiger partial charge in [0.05, 0.1) is 5.56 Å². The van der Waals surface area contributed by atoms with Crippen molar-refractivity contribution in [2.24, 2.45) is 0 Å². The van der Waals surface area contributed by atoms with Crippen molar-refractivity contribution in [2.45, 2.75) is 33.7 Å². The van der Waals surface area contributed by atoms with Crippen molar-refractivity contribution in [3.05, 3.63) is 29.8 Å². The summed E-state index contributed by atoms with van der Waals surface area (Å²) in [7, 11) is 0. The largest absolute Gasteiger partial charge is 0.452 e. The number of hydrogen-bond acceptors (Lipinski definition) is 5. The van der Waals surface area contributed by atoms with Crippen molar-refractivity contribution in [3.63, 3.8) is 0 Å². The molecule has 2 N–H and O–H groups in total. The van der Waals surface area contributed by atoms with Crippen LogP contribution in [0.3, 0.4) is 0 Å². The number of hydrogen-bond donors (Lipinski definition) is 2. The molecule has 1 rings (SSSR count). The highest BCUT2D eigenvalue weighted by Crippen LogP contribution is 2.15. The minimum absolute atomic E-state index is 0.283. The van der Waals surface area contributed by atoms with E-state index in [0.717, 1.165) is 18.8 Å². The topological polar surface area (TPSA) is 87.7 Å². The quantitative estimate of drug-likeness (QED) is 0.657. The fourth-order valence-electron chi connectivity index (χ4n) is 2.29. The van der Waals surface area contributed by atoms with Crippen LogP contribution in [-0.2, 0) is 14.3 Å². The van der Waals surface area contributed by atoms with Crippen molar-refractivity contribution in [1.29, 1.82) is 0 Å².